The first-order valence-electron chi connectivity index (χ1n) is 11.3. The molecule has 0 saturated heterocycles. The van der Waals surface area contributed by atoms with Crippen LogP contribution in [0.3, 0.4) is 0 Å². The Kier molecular flexibility index (Phi) is 5.35. The van der Waals surface area contributed by atoms with Crippen molar-refractivity contribution in [2.24, 2.45) is 0 Å². The smallest absolute Gasteiger partial charge is 0.203 e. The maximum Gasteiger partial charge on any atom is 0.203 e. The summed E-state index contributed by atoms with van der Waals surface area (Å²) in [5.41, 5.74) is 8.78. The van der Waals surface area contributed by atoms with Gasteiger partial charge in [0.2, 0.25) is 5.62 Å². The summed E-state index contributed by atoms with van der Waals surface area (Å²) in [6.45, 7) is 6.37. The molecular formula is C27H30N4O. The molecule has 0 fully saturated rings. The van der Waals surface area contributed by atoms with Crippen LogP contribution in [0.25, 0.3) is 11.0 Å². The third-order valence-electron chi connectivity index (χ3n) is 6.57. The Hall–Kier alpha value is -3.31. The molecule has 0 spiro atoms. The van der Waals surface area contributed by atoms with Crippen LogP contribution < -0.4 is 10.5 Å². The van der Waals surface area contributed by atoms with Crippen LogP contribution in [-0.4, -0.2) is 33.9 Å². The van der Waals surface area contributed by atoms with E-state index in [4.69, 9.17) is 5.41 Å². The molecule has 0 bridgehead atoms. The van der Waals surface area contributed by atoms with E-state index in [1.54, 1.807) is 0 Å². The number of aliphatic hydroxyl groups is 1. The molecule has 1 aliphatic heterocycles. The third kappa shape index (κ3) is 3.63. The minimum Gasteiger partial charge on any atom is -0.395 e. The number of anilines is 1. The summed E-state index contributed by atoms with van der Waals surface area (Å²) in [4.78, 5) is 2.27. The maximum absolute atomic E-state index is 9.71. The standard InChI is InChI=1S/C27H30N4O/c1-19-6-10-21(11-7-19)16-23-18-29(14-15-32)24-4-3-5-25-26(24)31(23)27(28)30(25)17-22-12-8-20(2)9-13-22/h3-13,23,28,32H,14-18H2,1-2H3. The summed E-state index contributed by atoms with van der Waals surface area (Å²) in [5.74, 6) is 0. The summed E-state index contributed by atoms with van der Waals surface area (Å²) < 4.78 is 4.33. The summed E-state index contributed by atoms with van der Waals surface area (Å²) in [5, 5.41) is 18.9. The Morgan fingerprint density at radius 2 is 1.56 bits per heavy atom. The molecule has 0 radical (unpaired) electrons. The average molecular weight is 427 g/mol. The summed E-state index contributed by atoms with van der Waals surface area (Å²) in [6.07, 6.45) is 0.858. The number of hydrogen-bond acceptors (Lipinski definition) is 3. The summed E-state index contributed by atoms with van der Waals surface area (Å²) in [6, 6.07) is 23.7. The van der Waals surface area contributed by atoms with Crippen molar-refractivity contribution in [1.82, 2.24) is 9.13 Å². The van der Waals surface area contributed by atoms with Crippen molar-refractivity contribution in [1.29, 1.82) is 5.41 Å². The molecule has 164 valence electrons. The molecule has 0 saturated carbocycles. The van der Waals surface area contributed by atoms with Crippen molar-refractivity contribution < 1.29 is 5.11 Å². The zero-order valence-corrected chi connectivity index (χ0v) is 18.8. The summed E-state index contributed by atoms with van der Waals surface area (Å²) >= 11 is 0. The number of aliphatic hydroxyl groups excluding tert-OH is 1. The molecule has 1 aliphatic rings. The Bertz CT molecular complexity index is 1300. The van der Waals surface area contributed by atoms with Gasteiger partial charge in [-0.05, 0) is 43.5 Å². The van der Waals surface area contributed by atoms with E-state index in [0.717, 1.165) is 29.7 Å². The fourth-order valence-corrected chi connectivity index (χ4v) is 4.90. The predicted molar refractivity (Wildman–Crippen MR) is 129 cm³/mol. The Balaban J connectivity index is 1.64. The monoisotopic (exact) mass is 426 g/mol. The van der Waals surface area contributed by atoms with Gasteiger partial charge in [0.25, 0.3) is 0 Å². The van der Waals surface area contributed by atoms with E-state index in [1.165, 1.54) is 22.3 Å². The van der Waals surface area contributed by atoms with Crippen LogP contribution >= 0.6 is 0 Å². The van der Waals surface area contributed by atoms with Crippen molar-refractivity contribution >= 4 is 16.7 Å². The topological polar surface area (TPSA) is 57.2 Å². The molecule has 1 atom stereocenters. The van der Waals surface area contributed by atoms with Gasteiger partial charge in [-0.25, -0.2) is 0 Å². The van der Waals surface area contributed by atoms with Gasteiger partial charge in [-0.1, -0.05) is 65.7 Å². The second kappa shape index (κ2) is 8.32. The van der Waals surface area contributed by atoms with E-state index in [2.05, 4.69) is 94.6 Å². The average Bonchev–Trinajstić information content (AvgIpc) is 3.07. The molecular weight excluding hydrogens is 396 g/mol. The molecule has 5 rings (SSSR count). The molecule has 4 aromatic rings. The number of rotatable bonds is 6. The number of nitrogens with zero attached hydrogens (tertiary/aromatic N) is 3. The van der Waals surface area contributed by atoms with Crippen molar-refractivity contribution in [3.8, 4) is 0 Å². The summed E-state index contributed by atoms with van der Waals surface area (Å²) in [7, 11) is 0. The molecule has 2 N–H and O–H groups in total. The van der Waals surface area contributed by atoms with Crippen molar-refractivity contribution in [3.63, 3.8) is 0 Å². The van der Waals surface area contributed by atoms with Gasteiger partial charge in [0.1, 0.15) is 0 Å². The van der Waals surface area contributed by atoms with E-state index in [1.807, 2.05) is 0 Å². The van der Waals surface area contributed by atoms with Gasteiger partial charge in [0.05, 0.1) is 35.9 Å². The van der Waals surface area contributed by atoms with E-state index in [-0.39, 0.29) is 12.6 Å². The number of hydrogen-bond donors (Lipinski definition) is 2. The number of benzene rings is 3. The molecule has 1 aromatic heterocycles. The van der Waals surface area contributed by atoms with Gasteiger partial charge in [0, 0.05) is 13.1 Å². The van der Waals surface area contributed by atoms with Crippen LogP contribution in [0.2, 0.25) is 0 Å². The largest absolute Gasteiger partial charge is 0.395 e. The van der Waals surface area contributed by atoms with Crippen molar-refractivity contribution in [2.75, 3.05) is 24.6 Å². The quantitative estimate of drug-likeness (QED) is 0.486. The highest BCUT2D eigenvalue weighted by atomic mass is 16.3. The van der Waals surface area contributed by atoms with E-state index >= 15 is 0 Å². The molecule has 5 heteroatoms. The molecule has 2 heterocycles. The van der Waals surface area contributed by atoms with Crippen LogP contribution in [0.15, 0.2) is 66.7 Å². The molecule has 0 amide bonds. The Morgan fingerprint density at radius 3 is 2.22 bits per heavy atom. The molecule has 1 unspecified atom stereocenters. The first kappa shape index (κ1) is 20.6. The van der Waals surface area contributed by atoms with Crippen molar-refractivity contribution in [2.45, 2.75) is 32.9 Å². The highest BCUT2D eigenvalue weighted by Gasteiger charge is 2.29. The fraction of sp³-hybridized carbons (Fsp3) is 0.296. The zero-order chi connectivity index (χ0) is 22.2. The van der Waals surface area contributed by atoms with Gasteiger partial charge in [0.15, 0.2) is 0 Å². The minimum absolute atomic E-state index is 0.117. The lowest BCUT2D eigenvalue weighted by Gasteiger charge is -2.35. The number of β-amino-alcohol motifs (C(OH)–C–C–N with tert-alkyl or cyclic N) is 1. The van der Waals surface area contributed by atoms with Crippen LogP contribution in [0, 0.1) is 19.3 Å². The number of aryl methyl sites for hydroxylation is 2. The second-order valence-electron chi connectivity index (χ2n) is 8.92. The molecule has 5 nitrogen and oxygen atoms in total. The maximum atomic E-state index is 9.71. The van der Waals surface area contributed by atoms with Crippen LogP contribution in [-0.2, 0) is 13.0 Å². The lowest BCUT2D eigenvalue weighted by Crippen LogP contribution is -2.41. The Morgan fingerprint density at radius 1 is 0.906 bits per heavy atom. The number of nitrogens with one attached hydrogen (secondary N) is 1. The highest BCUT2D eigenvalue weighted by Crippen LogP contribution is 2.35. The minimum atomic E-state index is 0.117. The molecule has 32 heavy (non-hydrogen) atoms. The molecule has 3 aromatic carbocycles. The van der Waals surface area contributed by atoms with Crippen LogP contribution in [0.4, 0.5) is 5.69 Å². The molecule has 0 aliphatic carbocycles. The predicted octanol–water partition coefficient (Wildman–Crippen LogP) is 4.18. The third-order valence-corrected chi connectivity index (χ3v) is 6.57. The second-order valence-corrected chi connectivity index (χ2v) is 8.92. The normalized spacial score (nSPS) is 15.5. The van der Waals surface area contributed by atoms with Gasteiger partial charge in [-0.15, -0.1) is 0 Å². The van der Waals surface area contributed by atoms with Gasteiger partial charge in [-0.2, -0.15) is 0 Å². The van der Waals surface area contributed by atoms with E-state index < -0.39 is 0 Å². The first-order chi connectivity index (χ1) is 15.5. The number of imidazole rings is 1. The van der Waals surface area contributed by atoms with Crippen molar-refractivity contribution in [3.05, 3.63) is 94.6 Å². The zero-order valence-electron chi connectivity index (χ0n) is 18.8. The van der Waals surface area contributed by atoms with Crippen LogP contribution in [0.5, 0.6) is 0 Å². The highest BCUT2D eigenvalue weighted by molar-refractivity contribution is 5.90. The number of aromatic nitrogens is 2. The number of para-hydroxylation sites is 1. The van der Waals surface area contributed by atoms with Gasteiger partial charge < -0.3 is 19.1 Å². The Labute approximate surface area is 188 Å². The first-order valence-corrected chi connectivity index (χ1v) is 11.3. The SMILES string of the molecule is Cc1ccc(CC2CN(CCO)c3cccc4c3n2c(=N)n4Cc2ccc(C)cc2)cc1. The van der Waals surface area contributed by atoms with E-state index in [0.29, 0.717) is 18.7 Å². The van der Waals surface area contributed by atoms with E-state index in [9.17, 15) is 5.11 Å². The lowest BCUT2D eigenvalue weighted by atomic mass is 10.0. The lowest BCUT2D eigenvalue weighted by molar-refractivity contribution is 0.297. The fourth-order valence-electron chi connectivity index (χ4n) is 4.90. The van der Waals surface area contributed by atoms with Gasteiger partial charge >= 0.3 is 0 Å². The van der Waals surface area contributed by atoms with Gasteiger partial charge in [-0.3, -0.25) is 5.41 Å². The van der Waals surface area contributed by atoms with Crippen LogP contribution in [0.1, 0.15) is 28.3 Å².